The monoisotopic (exact) mass is 416 g/mol. The Hall–Kier alpha value is -2.61. The third-order valence-electron chi connectivity index (χ3n) is 4.41. The van der Waals surface area contributed by atoms with E-state index in [0.29, 0.717) is 5.13 Å². The van der Waals surface area contributed by atoms with E-state index in [9.17, 15) is 9.59 Å². The van der Waals surface area contributed by atoms with Gasteiger partial charge in [-0.15, -0.1) is 11.3 Å². The van der Waals surface area contributed by atoms with E-state index >= 15 is 0 Å². The third kappa shape index (κ3) is 6.45. The fourth-order valence-corrected chi connectivity index (χ4v) is 3.84. The minimum Gasteiger partial charge on any atom is -0.444 e. The maximum absolute atomic E-state index is 12.1. The van der Waals surface area contributed by atoms with Crippen LogP contribution < -0.4 is 15.5 Å². The van der Waals surface area contributed by atoms with Gasteiger partial charge in [0.05, 0.1) is 5.69 Å². The molecule has 2 N–H and O–H groups in total. The Morgan fingerprint density at radius 1 is 1.21 bits per heavy atom. The van der Waals surface area contributed by atoms with Gasteiger partial charge in [-0.2, -0.15) is 0 Å². The highest BCUT2D eigenvalue weighted by Gasteiger charge is 2.17. The highest BCUT2D eigenvalue weighted by atomic mass is 32.1. The molecular formula is C21H28N4O3S. The molecule has 156 valence electrons. The number of thiazole rings is 1. The maximum Gasteiger partial charge on any atom is 0.408 e. The van der Waals surface area contributed by atoms with Crippen LogP contribution in [0.1, 0.15) is 40.0 Å². The van der Waals surface area contributed by atoms with Crippen molar-refractivity contribution in [1.29, 1.82) is 0 Å². The van der Waals surface area contributed by atoms with Crippen LogP contribution in [0.25, 0.3) is 11.3 Å². The summed E-state index contributed by atoms with van der Waals surface area (Å²) in [5.74, 6) is -0.348. The minimum absolute atomic E-state index is 0.172. The van der Waals surface area contributed by atoms with E-state index in [2.05, 4.69) is 32.7 Å². The van der Waals surface area contributed by atoms with Gasteiger partial charge in [-0.1, -0.05) is 12.1 Å². The van der Waals surface area contributed by atoms with Crippen LogP contribution >= 0.6 is 11.3 Å². The molecule has 2 heterocycles. The number of hydrogen-bond donors (Lipinski definition) is 2. The number of hydrogen-bond acceptors (Lipinski definition) is 6. The largest absolute Gasteiger partial charge is 0.444 e. The van der Waals surface area contributed by atoms with Gasteiger partial charge in [-0.25, -0.2) is 9.78 Å². The lowest BCUT2D eigenvalue weighted by atomic mass is 10.1. The van der Waals surface area contributed by atoms with Crippen LogP contribution in [0.3, 0.4) is 0 Å². The van der Waals surface area contributed by atoms with E-state index in [1.54, 1.807) is 20.8 Å². The van der Waals surface area contributed by atoms with E-state index in [1.807, 2.05) is 17.5 Å². The zero-order valence-corrected chi connectivity index (χ0v) is 18.0. The molecule has 29 heavy (non-hydrogen) atoms. The molecule has 1 fully saturated rings. The van der Waals surface area contributed by atoms with E-state index in [-0.39, 0.29) is 12.5 Å². The van der Waals surface area contributed by atoms with Gasteiger partial charge in [0.15, 0.2) is 5.13 Å². The first-order valence-corrected chi connectivity index (χ1v) is 10.8. The van der Waals surface area contributed by atoms with Crippen molar-refractivity contribution in [2.75, 3.05) is 29.9 Å². The number of piperidine rings is 1. The van der Waals surface area contributed by atoms with Crippen LogP contribution in [0.2, 0.25) is 0 Å². The van der Waals surface area contributed by atoms with Gasteiger partial charge in [-0.05, 0) is 52.2 Å². The van der Waals surface area contributed by atoms with E-state index in [1.165, 1.54) is 36.3 Å². The van der Waals surface area contributed by atoms with E-state index < -0.39 is 11.7 Å². The zero-order valence-electron chi connectivity index (χ0n) is 17.2. The number of benzene rings is 1. The second-order valence-electron chi connectivity index (χ2n) is 8.04. The summed E-state index contributed by atoms with van der Waals surface area (Å²) in [7, 11) is 0. The van der Waals surface area contributed by atoms with Gasteiger partial charge in [0.2, 0.25) is 5.91 Å². The molecule has 0 bridgehead atoms. The summed E-state index contributed by atoms with van der Waals surface area (Å²) in [5, 5.41) is 7.58. The molecule has 0 aliphatic carbocycles. The van der Waals surface area contributed by atoms with Crippen molar-refractivity contribution in [3.63, 3.8) is 0 Å². The number of nitrogens with zero attached hydrogens (tertiary/aromatic N) is 2. The molecule has 0 spiro atoms. The summed E-state index contributed by atoms with van der Waals surface area (Å²) in [6.07, 6.45) is 3.14. The second-order valence-corrected chi connectivity index (χ2v) is 8.90. The SMILES string of the molecule is CC(C)(C)OC(=O)NCC(=O)Nc1nc(-c2cccc(N3CCCCC3)c2)cs1. The number of ether oxygens (including phenoxy) is 1. The fourth-order valence-electron chi connectivity index (χ4n) is 3.11. The standard InChI is InChI=1S/C21H28N4O3S/c1-21(2,3)28-20(27)22-13-18(26)24-19-23-17(14-29-19)15-8-7-9-16(12-15)25-10-5-4-6-11-25/h7-9,12,14H,4-6,10-11,13H2,1-3H3,(H,22,27)(H,23,24,26). The minimum atomic E-state index is -0.623. The Kier molecular flexibility index (Phi) is 6.74. The molecule has 0 radical (unpaired) electrons. The Morgan fingerprint density at radius 2 is 1.97 bits per heavy atom. The summed E-state index contributed by atoms with van der Waals surface area (Å²) in [5.41, 5.74) is 2.45. The maximum atomic E-state index is 12.1. The number of anilines is 2. The Labute approximate surface area is 175 Å². The Morgan fingerprint density at radius 3 is 2.69 bits per heavy atom. The van der Waals surface area contributed by atoms with Gasteiger partial charge in [0.1, 0.15) is 12.1 Å². The van der Waals surface area contributed by atoms with Crippen molar-refractivity contribution < 1.29 is 14.3 Å². The molecule has 8 heteroatoms. The lowest BCUT2D eigenvalue weighted by Crippen LogP contribution is -2.37. The van der Waals surface area contributed by atoms with Gasteiger partial charge in [0, 0.05) is 29.7 Å². The van der Waals surface area contributed by atoms with Crippen molar-refractivity contribution >= 4 is 34.2 Å². The highest BCUT2D eigenvalue weighted by Crippen LogP contribution is 2.29. The first kappa shape index (κ1) is 21.1. The number of rotatable bonds is 5. The highest BCUT2D eigenvalue weighted by molar-refractivity contribution is 7.14. The van der Waals surface area contributed by atoms with Crippen LogP contribution in [0.5, 0.6) is 0 Å². The predicted octanol–water partition coefficient (Wildman–Crippen LogP) is 4.26. The fraction of sp³-hybridized carbons (Fsp3) is 0.476. The molecule has 2 amide bonds. The molecule has 1 aliphatic heterocycles. The first-order chi connectivity index (χ1) is 13.8. The second kappa shape index (κ2) is 9.26. The normalized spacial score (nSPS) is 14.4. The molecule has 1 aliphatic rings. The van der Waals surface area contributed by atoms with Crippen LogP contribution in [0, 0.1) is 0 Å². The van der Waals surface area contributed by atoms with Crippen LogP contribution in [-0.4, -0.2) is 42.2 Å². The van der Waals surface area contributed by atoms with Gasteiger partial charge < -0.3 is 20.3 Å². The van der Waals surface area contributed by atoms with Crippen molar-refractivity contribution in [2.45, 2.75) is 45.6 Å². The van der Waals surface area contributed by atoms with Crippen molar-refractivity contribution in [3.05, 3.63) is 29.6 Å². The van der Waals surface area contributed by atoms with E-state index in [0.717, 1.165) is 24.3 Å². The smallest absolute Gasteiger partial charge is 0.408 e. The lowest BCUT2D eigenvalue weighted by Gasteiger charge is -2.29. The van der Waals surface area contributed by atoms with Crippen molar-refractivity contribution in [1.82, 2.24) is 10.3 Å². The van der Waals surface area contributed by atoms with Crippen molar-refractivity contribution in [3.8, 4) is 11.3 Å². The van der Waals surface area contributed by atoms with Crippen LogP contribution in [-0.2, 0) is 9.53 Å². The number of nitrogens with one attached hydrogen (secondary N) is 2. The lowest BCUT2D eigenvalue weighted by molar-refractivity contribution is -0.115. The zero-order chi connectivity index (χ0) is 20.9. The quantitative estimate of drug-likeness (QED) is 0.761. The molecule has 1 aromatic carbocycles. The molecule has 2 aromatic rings. The van der Waals surface area contributed by atoms with Crippen LogP contribution in [0.4, 0.5) is 15.6 Å². The molecule has 1 aromatic heterocycles. The van der Waals surface area contributed by atoms with Gasteiger partial charge >= 0.3 is 6.09 Å². The number of alkyl carbamates (subject to hydrolysis) is 1. The molecule has 0 atom stereocenters. The van der Waals surface area contributed by atoms with Crippen LogP contribution in [0.15, 0.2) is 29.6 Å². The predicted molar refractivity (Wildman–Crippen MR) is 116 cm³/mol. The van der Waals surface area contributed by atoms with Gasteiger partial charge in [0.25, 0.3) is 0 Å². The number of amides is 2. The van der Waals surface area contributed by atoms with Gasteiger partial charge in [-0.3, -0.25) is 4.79 Å². The molecule has 0 unspecified atom stereocenters. The summed E-state index contributed by atoms with van der Waals surface area (Å²) < 4.78 is 5.11. The number of carbonyl (C=O) groups is 2. The number of carbonyl (C=O) groups excluding carboxylic acids is 2. The third-order valence-corrected chi connectivity index (χ3v) is 5.16. The summed E-state index contributed by atoms with van der Waals surface area (Å²) in [4.78, 5) is 30.6. The molecule has 1 saturated heterocycles. The first-order valence-electron chi connectivity index (χ1n) is 9.88. The Balaban J connectivity index is 1.56. The molecule has 7 nitrogen and oxygen atoms in total. The molecule has 0 saturated carbocycles. The summed E-state index contributed by atoms with van der Waals surface area (Å²) in [6.45, 7) is 7.31. The summed E-state index contributed by atoms with van der Waals surface area (Å²) in [6, 6.07) is 8.35. The average Bonchev–Trinajstić information content (AvgIpc) is 3.14. The van der Waals surface area contributed by atoms with Crippen molar-refractivity contribution in [2.24, 2.45) is 0 Å². The van der Waals surface area contributed by atoms with E-state index in [4.69, 9.17) is 4.74 Å². The topological polar surface area (TPSA) is 83.6 Å². The summed E-state index contributed by atoms with van der Waals surface area (Å²) >= 11 is 1.36. The average molecular weight is 417 g/mol. The molecule has 3 rings (SSSR count). The molecular weight excluding hydrogens is 388 g/mol. The Bertz CT molecular complexity index is 854. The number of aromatic nitrogens is 1.